The van der Waals surface area contributed by atoms with Gasteiger partial charge in [0.25, 0.3) is 11.5 Å². The molecule has 9 nitrogen and oxygen atoms in total. The molecule has 5 rings (SSSR count). The van der Waals surface area contributed by atoms with Crippen LogP contribution in [0.15, 0.2) is 35.3 Å². The number of pyridine rings is 1. The summed E-state index contributed by atoms with van der Waals surface area (Å²) in [5.41, 5.74) is 5.31. The average Bonchev–Trinajstić information content (AvgIpc) is 3.33. The molecule has 3 aromatic rings. The lowest BCUT2D eigenvalue weighted by molar-refractivity contribution is -0.135. The van der Waals surface area contributed by atoms with Gasteiger partial charge in [-0.2, -0.15) is 5.10 Å². The third kappa shape index (κ3) is 6.47. The number of amides is 2. The van der Waals surface area contributed by atoms with Crippen LogP contribution in [0.1, 0.15) is 99.6 Å². The van der Waals surface area contributed by atoms with Crippen molar-refractivity contribution < 1.29 is 9.59 Å². The second-order valence-electron chi connectivity index (χ2n) is 14.0. The molecule has 2 aromatic heterocycles. The highest BCUT2D eigenvalue weighted by Gasteiger charge is 2.33. The third-order valence-electron chi connectivity index (χ3n) is 8.70. The minimum atomic E-state index is -0.240. The van der Waals surface area contributed by atoms with Crippen LogP contribution in [0, 0.1) is 19.8 Å². The lowest BCUT2D eigenvalue weighted by Gasteiger charge is -2.41. The zero-order chi connectivity index (χ0) is 31.3. The smallest absolute Gasteiger partial charge is 0.253 e. The molecule has 9 heteroatoms. The molecule has 43 heavy (non-hydrogen) atoms. The van der Waals surface area contributed by atoms with Gasteiger partial charge in [0, 0.05) is 53.3 Å². The molecule has 0 bridgehead atoms. The minimum absolute atomic E-state index is 0.0169. The Morgan fingerprint density at radius 3 is 2.42 bits per heavy atom. The van der Waals surface area contributed by atoms with Crippen LogP contribution in [0.3, 0.4) is 0 Å². The van der Waals surface area contributed by atoms with E-state index in [0.717, 1.165) is 47.0 Å². The van der Waals surface area contributed by atoms with E-state index in [9.17, 15) is 14.4 Å². The predicted molar refractivity (Wildman–Crippen MR) is 171 cm³/mol. The number of fused-ring (bicyclic) bond motifs is 1. The van der Waals surface area contributed by atoms with Crippen molar-refractivity contribution in [1.29, 1.82) is 0 Å². The Bertz CT molecular complexity index is 1650. The van der Waals surface area contributed by atoms with Gasteiger partial charge in [0.2, 0.25) is 5.91 Å². The summed E-state index contributed by atoms with van der Waals surface area (Å²) in [6.45, 7) is 17.9. The standard InChI is InChI=1S/C34H46N6O3/c1-20(2)32(43)39-11-9-25(10-12-39)40-29-15-23(24-16-33(5,6)38-34(7,8)17-24)14-26(28(29)19-36-40)30(41)35-18-27-21(3)13-22(4)37-31(27)42/h13-16,19-20,25,38H,9-12,17-18H2,1-8H3,(H,35,41)(H,37,42). The molecule has 4 heterocycles. The first-order valence-corrected chi connectivity index (χ1v) is 15.4. The molecule has 2 aliphatic rings. The Kier molecular flexibility index (Phi) is 8.15. The average molecular weight is 587 g/mol. The van der Waals surface area contributed by atoms with Crippen LogP contribution in [0.25, 0.3) is 16.5 Å². The maximum atomic E-state index is 13.8. The molecule has 0 atom stereocenters. The first-order valence-electron chi connectivity index (χ1n) is 15.4. The number of rotatable bonds is 6. The highest BCUT2D eigenvalue weighted by Crippen LogP contribution is 2.37. The fourth-order valence-electron chi connectivity index (χ4n) is 6.97. The lowest BCUT2D eigenvalue weighted by atomic mass is 9.80. The van der Waals surface area contributed by atoms with E-state index in [2.05, 4.69) is 60.1 Å². The molecule has 2 aliphatic heterocycles. The predicted octanol–water partition coefficient (Wildman–Crippen LogP) is 5.02. The van der Waals surface area contributed by atoms with Gasteiger partial charge >= 0.3 is 0 Å². The molecular formula is C34H46N6O3. The largest absolute Gasteiger partial charge is 0.348 e. The molecule has 0 spiro atoms. The summed E-state index contributed by atoms with van der Waals surface area (Å²) >= 11 is 0. The van der Waals surface area contributed by atoms with Crippen LogP contribution < -0.4 is 16.2 Å². The van der Waals surface area contributed by atoms with Crippen LogP contribution in [-0.4, -0.2) is 55.6 Å². The fraction of sp³-hybridized carbons (Fsp3) is 0.529. The van der Waals surface area contributed by atoms with Gasteiger partial charge in [0.05, 0.1) is 23.3 Å². The maximum absolute atomic E-state index is 13.8. The summed E-state index contributed by atoms with van der Waals surface area (Å²) in [5.74, 6) is -0.0660. The molecular weight excluding hydrogens is 540 g/mol. The highest BCUT2D eigenvalue weighted by molar-refractivity contribution is 6.07. The number of piperidine rings is 1. The second-order valence-corrected chi connectivity index (χ2v) is 14.0. The number of H-pyrrole nitrogens is 1. The van der Waals surface area contributed by atoms with Crippen LogP contribution in [0.2, 0.25) is 0 Å². The number of nitrogens with zero attached hydrogens (tertiary/aromatic N) is 3. The minimum Gasteiger partial charge on any atom is -0.348 e. The topological polar surface area (TPSA) is 112 Å². The van der Waals surface area contributed by atoms with Crippen LogP contribution in [0.5, 0.6) is 0 Å². The number of carbonyl (C=O) groups is 2. The Balaban J connectivity index is 1.53. The first-order chi connectivity index (χ1) is 20.1. The van der Waals surface area contributed by atoms with Gasteiger partial charge in [0.1, 0.15) is 0 Å². The van der Waals surface area contributed by atoms with Crippen molar-refractivity contribution in [3.63, 3.8) is 0 Å². The van der Waals surface area contributed by atoms with Crippen LogP contribution in [-0.2, 0) is 11.3 Å². The summed E-state index contributed by atoms with van der Waals surface area (Å²) in [7, 11) is 0. The lowest BCUT2D eigenvalue weighted by Crippen LogP contribution is -2.53. The van der Waals surface area contributed by atoms with Crippen molar-refractivity contribution >= 4 is 28.3 Å². The van der Waals surface area contributed by atoms with E-state index in [1.807, 2.05) is 44.7 Å². The summed E-state index contributed by atoms with van der Waals surface area (Å²) in [4.78, 5) is 43.9. The van der Waals surface area contributed by atoms with Crippen molar-refractivity contribution in [2.24, 2.45) is 5.92 Å². The van der Waals surface area contributed by atoms with E-state index in [4.69, 9.17) is 5.10 Å². The molecule has 0 radical (unpaired) electrons. The summed E-state index contributed by atoms with van der Waals surface area (Å²) in [5, 5.41) is 12.3. The zero-order valence-corrected chi connectivity index (χ0v) is 26.9. The van der Waals surface area contributed by atoms with Crippen LogP contribution in [0.4, 0.5) is 0 Å². The van der Waals surface area contributed by atoms with E-state index < -0.39 is 0 Å². The zero-order valence-electron chi connectivity index (χ0n) is 26.9. The van der Waals surface area contributed by atoms with E-state index in [1.54, 1.807) is 6.20 Å². The fourth-order valence-corrected chi connectivity index (χ4v) is 6.97. The van der Waals surface area contributed by atoms with Crippen LogP contribution >= 0.6 is 0 Å². The normalized spacial score (nSPS) is 18.6. The number of aromatic nitrogens is 3. The van der Waals surface area contributed by atoms with Gasteiger partial charge in [0.15, 0.2) is 0 Å². The summed E-state index contributed by atoms with van der Waals surface area (Å²) in [6, 6.07) is 6.19. The second kappa shape index (κ2) is 11.4. The first kappa shape index (κ1) is 30.7. The van der Waals surface area contributed by atoms with Crippen molar-refractivity contribution in [2.75, 3.05) is 13.1 Å². The number of aromatic amines is 1. The van der Waals surface area contributed by atoms with E-state index >= 15 is 0 Å². The molecule has 1 fully saturated rings. The van der Waals surface area contributed by atoms with E-state index in [0.29, 0.717) is 24.2 Å². The third-order valence-corrected chi connectivity index (χ3v) is 8.70. The highest BCUT2D eigenvalue weighted by atomic mass is 16.2. The molecule has 230 valence electrons. The number of carbonyl (C=O) groups excluding carboxylic acids is 2. The van der Waals surface area contributed by atoms with Gasteiger partial charge in [-0.25, -0.2) is 0 Å². The molecule has 1 saturated heterocycles. The molecule has 0 unspecified atom stereocenters. The van der Waals surface area contributed by atoms with Gasteiger partial charge in [-0.05, 0) is 95.7 Å². The quantitative estimate of drug-likeness (QED) is 0.375. The molecule has 1 aromatic carbocycles. The molecule has 0 aliphatic carbocycles. The number of hydrogen-bond donors (Lipinski definition) is 3. The summed E-state index contributed by atoms with van der Waals surface area (Å²) in [6.07, 6.45) is 6.47. The number of hydrogen-bond acceptors (Lipinski definition) is 5. The van der Waals surface area contributed by atoms with Gasteiger partial charge < -0.3 is 20.5 Å². The van der Waals surface area contributed by atoms with Gasteiger partial charge in [-0.15, -0.1) is 0 Å². The van der Waals surface area contributed by atoms with E-state index in [1.165, 1.54) is 5.57 Å². The van der Waals surface area contributed by atoms with Gasteiger partial charge in [-0.1, -0.05) is 19.9 Å². The Hall–Kier alpha value is -3.72. The van der Waals surface area contributed by atoms with Crippen molar-refractivity contribution in [3.8, 4) is 0 Å². The monoisotopic (exact) mass is 586 g/mol. The number of benzene rings is 1. The molecule has 2 amide bonds. The number of aryl methyl sites for hydroxylation is 2. The Labute approximate surface area is 254 Å². The van der Waals surface area contributed by atoms with Gasteiger partial charge in [-0.3, -0.25) is 19.1 Å². The number of likely N-dealkylation sites (tertiary alicyclic amines) is 1. The van der Waals surface area contributed by atoms with Crippen molar-refractivity contribution in [1.82, 2.24) is 30.3 Å². The SMILES string of the molecule is Cc1cc(C)c(CNC(=O)c2cc(C3=CC(C)(C)NC(C)(C)C3)cc3c2cnn3C2CCN(C(=O)C(C)C)CC2)c(=O)[nH]1. The molecule has 0 saturated carbocycles. The Morgan fingerprint density at radius 2 is 1.79 bits per heavy atom. The van der Waals surface area contributed by atoms with E-state index in [-0.39, 0.29) is 47.0 Å². The Morgan fingerprint density at radius 1 is 1.09 bits per heavy atom. The number of nitrogens with one attached hydrogen (secondary N) is 3. The maximum Gasteiger partial charge on any atom is 0.253 e. The van der Waals surface area contributed by atoms with Crippen molar-refractivity contribution in [2.45, 2.75) is 98.3 Å². The van der Waals surface area contributed by atoms with Crippen molar-refractivity contribution in [3.05, 3.63) is 68.8 Å². The molecule has 3 N–H and O–H groups in total. The summed E-state index contributed by atoms with van der Waals surface area (Å²) < 4.78 is 2.06.